The highest BCUT2D eigenvalue weighted by atomic mass is 35.5. The van der Waals surface area contributed by atoms with Gasteiger partial charge in [-0.15, -0.1) is 0 Å². The Kier molecular flexibility index (Phi) is 3.48. The summed E-state index contributed by atoms with van der Waals surface area (Å²) in [6.07, 6.45) is -3.06. The van der Waals surface area contributed by atoms with E-state index in [0.717, 1.165) is 6.07 Å². The molecule has 0 saturated heterocycles. The third kappa shape index (κ3) is 2.37. The zero-order chi connectivity index (χ0) is 11.6. The summed E-state index contributed by atoms with van der Waals surface area (Å²) in [5, 5.41) is 10.1. The van der Waals surface area contributed by atoms with Crippen molar-refractivity contribution >= 4 is 17.3 Å². The minimum atomic E-state index is -3.06. The van der Waals surface area contributed by atoms with Crippen LogP contribution >= 0.6 is 11.6 Å². The van der Waals surface area contributed by atoms with Crippen molar-refractivity contribution in [1.82, 2.24) is 4.98 Å². The van der Waals surface area contributed by atoms with Gasteiger partial charge in [-0.25, -0.2) is 13.8 Å². The average molecular weight is 238 g/mol. The lowest BCUT2D eigenvalue weighted by atomic mass is 10.2. The molecule has 0 bridgehead atoms. The monoisotopic (exact) mass is 237 g/mol. The van der Waals surface area contributed by atoms with E-state index in [1.165, 1.54) is 0 Å². The summed E-state index contributed by atoms with van der Waals surface area (Å²) < 4.78 is 24.8. The number of hydrogen-bond donors (Lipinski definition) is 1. The van der Waals surface area contributed by atoms with Gasteiger partial charge in [-0.05, 0) is 6.07 Å². The summed E-state index contributed by atoms with van der Waals surface area (Å²) in [4.78, 5) is 12.8. The van der Waals surface area contributed by atoms with E-state index in [1.54, 1.807) is 0 Å². The van der Waals surface area contributed by atoms with Gasteiger partial charge in [-0.3, -0.25) is 10.1 Å². The van der Waals surface area contributed by atoms with E-state index in [0.29, 0.717) is 0 Å². The molecule has 0 aliphatic carbocycles. The molecule has 0 fully saturated rings. The van der Waals surface area contributed by atoms with E-state index in [-0.39, 0.29) is 17.3 Å². The predicted molar refractivity (Wildman–Crippen MR) is 48.7 cm³/mol. The summed E-state index contributed by atoms with van der Waals surface area (Å²) in [7, 11) is 0. The van der Waals surface area contributed by atoms with Crippen LogP contribution in [0, 0.1) is 10.1 Å². The Hall–Kier alpha value is -1.34. The second-order valence-electron chi connectivity index (χ2n) is 2.59. The molecule has 0 aliphatic rings. The van der Waals surface area contributed by atoms with Gasteiger partial charge in [0.25, 0.3) is 6.43 Å². The van der Waals surface area contributed by atoms with Crippen molar-refractivity contribution in [3.8, 4) is 0 Å². The van der Waals surface area contributed by atoms with E-state index in [4.69, 9.17) is 17.3 Å². The number of aromatic nitrogens is 1. The molecule has 82 valence electrons. The average Bonchev–Trinajstić information content (AvgIpc) is 2.15. The molecule has 0 radical (unpaired) electrons. The highest BCUT2D eigenvalue weighted by molar-refractivity contribution is 6.32. The van der Waals surface area contributed by atoms with Gasteiger partial charge in [0.1, 0.15) is 5.02 Å². The van der Waals surface area contributed by atoms with Crippen LogP contribution in [0.15, 0.2) is 6.07 Å². The molecule has 0 unspecified atom stereocenters. The van der Waals surface area contributed by atoms with Gasteiger partial charge in [-0.2, -0.15) is 0 Å². The molecule has 0 amide bonds. The second-order valence-corrected chi connectivity index (χ2v) is 3.00. The van der Waals surface area contributed by atoms with Crippen molar-refractivity contribution in [2.45, 2.75) is 13.0 Å². The smallest absolute Gasteiger partial charge is 0.315 e. The summed E-state index contributed by atoms with van der Waals surface area (Å²) >= 11 is 5.48. The van der Waals surface area contributed by atoms with Crippen LogP contribution in [0.4, 0.5) is 14.5 Å². The van der Waals surface area contributed by atoms with Gasteiger partial charge in [0.2, 0.25) is 0 Å². The SMILES string of the molecule is NCc1cc(Cl)c([N+](=O)[O-])c(C(F)F)n1. The summed E-state index contributed by atoms with van der Waals surface area (Å²) in [6, 6.07) is 1.10. The first-order chi connectivity index (χ1) is 6.97. The maximum Gasteiger partial charge on any atom is 0.315 e. The predicted octanol–water partition coefficient (Wildman–Crippen LogP) is 2.04. The molecule has 1 aromatic heterocycles. The van der Waals surface area contributed by atoms with E-state index < -0.39 is 22.7 Å². The van der Waals surface area contributed by atoms with Gasteiger partial charge in [0.15, 0.2) is 5.69 Å². The number of halogens is 3. The van der Waals surface area contributed by atoms with Crippen LogP contribution in [0.2, 0.25) is 5.02 Å². The lowest BCUT2D eigenvalue weighted by molar-refractivity contribution is -0.386. The molecule has 15 heavy (non-hydrogen) atoms. The minimum Gasteiger partial charge on any atom is -0.325 e. The Labute approximate surface area is 88.0 Å². The zero-order valence-electron chi connectivity index (χ0n) is 7.28. The number of nitro groups is 1. The molecule has 0 atom stereocenters. The fraction of sp³-hybridized carbons (Fsp3) is 0.286. The molecule has 1 aromatic rings. The Morgan fingerprint density at radius 1 is 1.67 bits per heavy atom. The molecule has 0 saturated carbocycles. The number of rotatable bonds is 3. The van der Waals surface area contributed by atoms with Gasteiger partial charge in [0.05, 0.1) is 10.6 Å². The first kappa shape index (κ1) is 11.7. The van der Waals surface area contributed by atoms with Gasteiger partial charge >= 0.3 is 5.69 Å². The van der Waals surface area contributed by atoms with Crippen molar-refractivity contribution in [2.75, 3.05) is 0 Å². The van der Waals surface area contributed by atoms with Crippen molar-refractivity contribution in [3.05, 3.63) is 32.6 Å². The molecule has 0 aliphatic heterocycles. The molecular formula is C7H6ClF2N3O2. The van der Waals surface area contributed by atoms with Crippen molar-refractivity contribution in [2.24, 2.45) is 5.73 Å². The zero-order valence-corrected chi connectivity index (χ0v) is 8.04. The van der Waals surface area contributed by atoms with Crippen LogP contribution in [-0.2, 0) is 6.54 Å². The largest absolute Gasteiger partial charge is 0.325 e. The fourth-order valence-corrected chi connectivity index (χ4v) is 1.31. The fourth-order valence-electron chi connectivity index (χ4n) is 1.01. The van der Waals surface area contributed by atoms with Crippen molar-refractivity contribution < 1.29 is 13.7 Å². The molecule has 1 heterocycles. The summed E-state index contributed by atoms with van der Waals surface area (Å²) in [6.45, 7) is -0.114. The Morgan fingerprint density at radius 3 is 2.67 bits per heavy atom. The van der Waals surface area contributed by atoms with Crippen LogP contribution in [0.5, 0.6) is 0 Å². The maximum atomic E-state index is 12.4. The Bertz CT molecular complexity index is 400. The highest BCUT2D eigenvalue weighted by Gasteiger charge is 2.27. The van der Waals surface area contributed by atoms with Crippen LogP contribution in [0.3, 0.4) is 0 Å². The third-order valence-corrected chi connectivity index (χ3v) is 1.91. The Morgan fingerprint density at radius 2 is 2.27 bits per heavy atom. The summed E-state index contributed by atoms with van der Waals surface area (Å²) in [5.74, 6) is 0. The third-order valence-electron chi connectivity index (χ3n) is 1.62. The number of nitrogens with zero attached hydrogens (tertiary/aromatic N) is 2. The van der Waals surface area contributed by atoms with Gasteiger partial charge in [-0.1, -0.05) is 11.6 Å². The topological polar surface area (TPSA) is 82.0 Å². The highest BCUT2D eigenvalue weighted by Crippen LogP contribution is 2.33. The quantitative estimate of drug-likeness (QED) is 0.644. The first-order valence-corrected chi connectivity index (χ1v) is 4.17. The van der Waals surface area contributed by atoms with Crippen LogP contribution < -0.4 is 5.73 Å². The maximum absolute atomic E-state index is 12.4. The normalized spacial score (nSPS) is 10.7. The number of alkyl halides is 2. The van der Waals surface area contributed by atoms with E-state index in [9.17, 15) is 18.9 Å². The van der Waals surface area contributed by atoms with Gasteiger partial charge < -0.3 is 5.73 Å². The van der Waals surface area contributed by atoms with E-state index in [1.807, 2.05) is 0 Å². The molecule has 0 aromatic carbocycles. The molecule has 1 rings (SSSR count). The molecule has 0 spiro atoms. The number of nitrogens with two attached hydrogens (primary N) is 1. The molecular weight excluding hydrogens is 232 g/mol. The lowest BCUT2D eigenvalue weighted by Gasteiger charge is -2.04. The standard InChI is InChI=1S/C7H6ClF2N3O2/c8-4-1-3(2-11)12-5(7(9)10)6(4)13(14)15/h1,7H,2,11H2. The van der Waals surface area contributed by atoms with E-state index >= 15 is 0 Å². The second kappa shape index (κ2) is 4.45. The summed E-state index contributed by atoms with van der Waals surface area (Å²) in [5.41, 5.74) is 3.44. The minimum absolute atomic E-state index is 0.0842. The number of hydrogen-bond acceptors (Lipinski definition) is 4. The van der Waals surface area contributed by atoms with Crippen LogP contribution in [0.25, 0.3) is 0 Å². The van der Waals surface area contributed by atoms with Crippen LogP contribution in [0.1, 0.15) is 17.8 Å². The van der Waals surface area contributed by atoms with Gasteiger partial charge in [0, 0.05) is 6.54 Å². The first-order valence-electron chi connectivity index (χ1n) is 3.79. The molecule has 2 N–H and O–H groups in total. The van der Waals surface area contributed by atoms with Crippen LogP contribution in [-0.4, -0.2) is 9.91 Å². The molecule has 5 nitrogen and oxygen atoms in total. The van der Waals surface area contributed by atoms with Crippen molar-refractivity contribution in [1.29, 1.82) is 0 Å². The molecule has 8 heteroatoms. The number of pyridine rings is 1. The van der Waals surface area contributed by atoms with E-state index in [2.05, 4.69) is 4.98 Å². The van der Waals surface area contributed by atoms with Crippen molar-refractivity contribution in [3.63, 3.8) is 0 Å². The lowest BCUT2D eigenvalue weighted by Crippen LogP contribution is -2.06. The Balaban J connectivity index is 3.42.